The molecule has 3 nitrogen and oxygen atoms in total. The van der Waals surface area contributed by atoms with E-state index in [9.17, 15) is 0 Å². The maximum atomic E-state index is 5.43. The summed E-state index contributed by atoms with van der Waals surface area (Å²) in [7, 11) is 2.11. The third-order valence-corrected chi connectivity index (χ3v) is 3.92. The van der Waals surface area contributed by atoms with Crippen LogP contribution in [0.25, 0.3) is 0 Å². The Balaban J connectivity index is 2.01. The fourth-order valence-corrected chi connectivity index (χ4v) is 2.94. The number of piperidine rings is 1. The van der Waals surface area contributed by atoms with Gasteiger partial charge in [0.05, 0.1) is 0 Å². The van der Waals surface area contributed by atoms with Crippen molar-refractivity contribution in [2.75, 3.05) is 33.4 Å². The van der Waals surface area contributed by atoms with Gasteiger partial charge < -0.3 is 15.4 Å². The highest BCUT2D eigenvalue weighted by Crippen LogP contribution is 2.32. The first-order chi connectivity index (χ1) is 6.87. The Labute approximate surface area is 86.6 Å². The van der Waals surface area contributed by atoms with Gasteiger partial charge in [-0.2, -0.15) is 0 Å². The van der Waals surface area contributed by atoms with E-state index in [0.717, 1.165) is 25.7 Å². The van der Waals surface area contributed by atoms with E-state index in [-0.39, 0.29) is 0 Å². The van der Waals surface area contributed by atoms with Gasteiger partial charge in [-0.25, -0.2) is 0 Å². The van der Waals surface area contributed by atoms with E-state index in [0.29, 0.717) is 5.54 Å². The lowest BCUT2D eigenvalue weighted by Gasteiger charge is -2.45. The number of hydrogen-bond donors (Lipinski definition) is 2. The van der Waals surface area contributed by atoms with E-state index in [2.05, 4.69) is 17.7 Å². The summed E-state index contributed by atoms with van der Waals surface area (Å²) in [5.74, 6) is 0.800. The molecule has 0 aromatic rings. The zero-order chi connectivity index (χ0) is 9.86. The minimum absolute atomic E-state index is 0.349. The Kier molecular flexibility index (Phi) is 3.42. The molecule has 2 N–H and O–H groups in total. The molecular formula is C11H22N2O. The lowest BCUT2D eigenvalue weighted by Crippen LogP contribution is -2.60. The van der Waals surface area contributed by atoms with Gasteiger partial charge in [-0.3, -0.25) is 0 Å². The molecule has 0 spiro atoms. The first-order valence-electron chi connectivity index (χ1n) is 5.85. The van der Waals surface area contributed by atoms with Crippen molar-refractivity contribution >= 4 is 0 Å². The maximum absolute atomic E-state index is 5.43. The highest BCUT2D eigenvalue weighted by atomic mass is 16.5. The zero-order valence-corrected chi connectivity index (χ0v) is 9.14. The van der Waals surface area contributed by atoms with Gasteiger partial charge in [0.15, 0.2) is 0 Å². The van der Waals surface area contributed by atoms with Crippen LogP contribution in [0, 0.1) is 5.92 Å². The molecule has 0 amide bonds. The van der Waals surface area contributed by atoms with Crippen molar-refractivity contribution in [3.8, 4) is 0 Å². The molecule has 0 saturated carbocycles. The van der Waals surface area contributed by atoms with Crippen molar-refractivity contribution in [2.24, 2.45) is 5.92 Å². The number of nitrogens with one attached hydrogen (secondary N) is 2. The van der Waals surface area contributed by atoms with E-state index < -0.39 is 0 Å². The van der Waals surface area contributed by atoms with Crippen molar-refractivity contribution < 1.29 is 4.74 Å². The average molecular weight is 198 g/mol. The van der Waals surface area contributed by atoms with Gasteiger partial charge in [0.2, 0.25) is 0 Å². The molecule has 0 aliphatic carbocycles. The second-order valence-corrected chi connectivity index (χ2v) is 4.57. The largest absolute Gasteiger partial charge is 0.381 e. The zero-order valence-electron chi connectivity index (χ0n) is 9.14. The first-order valence-corrected chi connectivity index (χ1v) is 5.85. The highest BCUT2D eigenvalue weighted by Gasteiger charge is 2.38. The molecular weight excluding hydrogens is 176 g/mol. The minimum atomic E-state index is 0.349. The normalized spacial score (nSPS) is 35.8. The molecule has 2 rings (SSSR count). The van der Waals surface area contributed by atoms with E-state index >= 15 is 0 Å². The van der Waals surface area contributed by atoms with Crippen molar-refractivity contribution in [3.63, 3.8) is 0 Å². The molecule has 2 saturated heterocycles. The van der Waals surface area contributed by atoms with Gasteiger partial charge in [0.25, 0.3) is 0 Å². The van der Waals surface area contributed by atoms with Crippen LogP contribution in [-0.2, 0) is 4.74 Å². The van der Waals surface area contributed by atoms with Crippen molar-refractivity contribution in [2.45, 2.75) is 31.2 Å². The van der Waals surface area contributed by atoms with Gasteiger partial charge in [-0.05, 0) is 45.2 Å². The monoisotopic (exact) mass is 198 g/mol. The number of rotatable bonds is 2. The van der Waals surface area contributed by atoms with Gasteiger partial charge in [0.1, 0.15) is 0 Å². The van der Waals surface area contributed by atoms with Crippen LogP contribution in [0.15, 0.2) is 0 Å². The molecule has 82 valence electrons. The fraction of sp³-hybridized carbons (Fsp3) is 1.00. The van der Waals surface area contributed by atoms with Crippen LogP contribution in [0.2, 0.25) is 0 Å². The summed E-state index contributed by atoms with van der Waals surface area (Å²) < 4.78 is 5.43. The molecule has 2 aliphatic heterocycles. The smallest absolute Gasteiger partial charge is 0.0469 e. The number of likely N-dealkylation sites (N-methyl/N-ethyl adjacent to an activating group) is 1. The summed E-state index contributed by atoms with van der Waals surface area (Å²) in [6.45, 7) is 4.23. The number of ether oxygens (including phenoxy) is 1. The summed E-state index contributed by atoms with van der Waals surface area (Å²) in [5, 5.41) is 7.09. The first kappa shape index (κ1) is 10.4. The summed E-state index contributed by atoms with van der Waals surface area (Å²) >= 11 is 0. The van der Waals surface area contributed by atoms with Gasteiger partial charge in [-0.1, -0.05) is 0 Å². The predicted molar refractivity (Wildman–Crippen MR) is 57.4 cm³/mol. The van der Waals surface area contributed by atoms with E-state index in [1.54, 1.807) is 0 Å². The van der Waals surface area contributed by atoms with Crippen LogP contribution in [0.4, 0.5) is 0 Å². The Morgan fingerprint density at radius 3 is 2.71 bits per heavy atom. The molecule has 0 bridgehead atoms. The molecule has 14 heavy (non-hydrogen) atoms. The number of hydrogen-bond acceptors (Lipinski definition) is 3. The van der Waals surface area contributed by atoms with Gasteiger partial charge in [-0.15, -0.1) is 0 Å². The highest BCUT2D eigenvalue weighted by molar-refractivity contribution is 4.98. The lowest BCUT2D eigenvalue weighted by molar-refractivity contribution is 0.0223. The molecule has 1 unspecified atom stereocenters. The lowest BCUT2D eigenvalue weighted by atomic mass is 9.74. The quantitative estimate of drug-likeness (QED) is 0.687. The molecule has 2 fully saturated rings. The molecule has 0 aromatic carbocycles. The SMILES string of the molecule is CNC1(C2CCOCC2)CCCNC1. The Bertz CT molecular complexity index is 172. The predicted octanol–water partition coefficient (Wildman–Crippen LogP) is 0.755. The topological polar surface area (TPSA) is 33.3 Å². The Hall–Kier alpha value is -0.120. The summed E-state index contributed by atoms with van der Waals surface area (Å²) in [5.41, 5.74) is 0.349. The van der Waals surface area contributed by atoms with Crippen molar-refractivity contribution in [1.29, 1.82) is 0 Å². The van der Waals surface area contributed by atoms with Crippen molar-refractivity contribution in [3.05, 3.63) is 0 Å². The fourth-order valence-electron chi connectivity index (χ4n) is 2.94. The van der Waals surface area contributed by atoms with Gasteiger partial charge >= 0.3 is 0 Å². The van der Waals surface area contributed by atoms with Crippen LogP contribution in [0.5, 0.6) is 0 Å². The third kappa shape index (κ3) is 1.95. The Morgan fingerprint density at radius 1 is 1.36 bits per heavy atom. The van der Waals surface area contributed by atoms with E-state index in [1.165, 1.54) is 32.2 Å². The Morgan fingerprint density at radius 2 is 2.14 bits per heavy atom. The second kappa shape index (κ2) is 4.60. The van der Waals surface area contributed by atoms with Crippen LogP contribution in [0.3, 0.4) is 0 Å². The van der Waals surface area contributed by atoms with E-state index in [1.807, 2.05) is 0 Å². The molecule has 2 aliphatic rings. The van der Waals surface area contributed by atoms with Gasteiger partial charge in [0, 0.05) is 25.3 Å². The van der Waals surface area contributed by atoms with Crippen molar-refractivity contribution in [1.82, 2.24) is 10.6 Å². The molecule has 0 aromatic heterocycles. The molecule has 0 radical (unpaired) electrons. The van der Waals surface area contributed by atoms with Crippen LogP contribution in [-0.4, -0.2) is 38.9 Å². The minimum Gasteiger partial charge on any atom is -0.381 e. The third-order valence-electron chi connectivity index (χ3n) is 3.92. The molecule has 3 heteroatoms. The summed E-state index contributed by atoms with van der Waals surface area (Å²) in [6, 6.07) is 0. The van der Waals surface area contributed by atoms with Crippen LogP contribution >= 0.6 is 0 Å². The summed E-state index contributed by atoms with van der Waals surface area (Å²) in [4.78, 5) is 0. The molecule has 2 heterocycles. The van der Waals surface area contributed by atoms with Crippen LogP contribution < -0.4 is 10.6 Å². The van der Waals surface area contributed by atoms with E-state index in [4.69, 9.17) is 4.74 Å². The standard InChI is InChI=1S/C11H22N2O/c1-12-11(5-2-6-13-9-11)10-3-7-14-8-4-10/h10,12-13H,2-9H2,1H3. The van der Waals surface area contributed by atoms with Crippen LogP contribution in [0.1, 0.15) is 25.7 Å². The molecule has 1 atom stereocenters. The average Bonchev–Trinajstić information content (AvgIpc) is 2.31. The maximum Gasteiger partial charge on any atom is 0.0469 e. The summed E-state index contributed by atoms with van der Waals surface area (Å²) in [6.07, 6.45) is 5.07. The second-order valence-electron chi connectivity index (χ2n) is 4.57.